The second kappa shape index (κ2) is 6.04. The molecule has 0 saturated carbocycles. The van der Waals surface area contributed by atoms with E-state index in [4.69, 9.17) is 4.74 Å². The van der Waals surface area contributed by atoms with Gasteiger partial charge >= 0.3 is 0 Å². The van der Waals surface area contributed by atoms with Crippen molar-refractivity contribution in [2.45, 2.75) is 0 Å². The Morgan fingerprint density at radius 2 is 2.05 bits per heavy atom. The molecule has 0 aliphatic carbocycles. The lowest BCUT2D eigenvalue weighted by atomic mass is 10.2. The van der Waals surface area contributed by atoms with Crippen LogP contribution < -0.4 is 10.1 Å². The average Bonchev–Trinajstić information content (AvgIpc) is 3.10. The van der Waals surface area contributed by atoms with E-state index >= 15 is 0 Å². The van der Waals surface area contributed by atoms with Crippen LogP contribution in [0.2, 0.25) is 0 Å². The van der Waals surface area contributed by atoms with Crippen LogP contribution >= 0.6 is 0 Å². The van der Waals surface area contributed by atoms with Crippen LogP contribution in [-0.4, -0.2) is 33.2 Å². The van der Waals surface area contributed by atoms with E-state index in [0.29, 0.717) is 17.0 Å². The number of methoxy groups -OCH3 is 1. The van der Waals surface area contributed by atoms with E-state index in [1.165, 1.54) is 11.0 Å². The number of hydrogen-bond acceptors (Lipinski definition) is 5. The molecule has 1 amide bonds. The number of amides is 1. The van der Waals surface area contributed by atoms with Crippen LogP contribution in [0.1, 0.15) is 10.4 Å². The predicted octanol–water partition coefficient (Wildman–Crippen LogP) is 1.92. The number of tetrazole rings is 1. The molecule has 3 rings (SSSR count). The standard InChI is InChI=1S/C15H13N5O2/c1-22-14-7-2-4-11(8-14)15(21)17-12-5-3-6-13(9-12)20-10-16-18-19-20/h2-10H,1H3,(H,17,21). The van der Waals surface area contributed by atoms with E-state index < -0.39 is 0 Å². The number of aromatic nitrogens is 4. The monoisotopic (exact) mass is 295 g/mol. The zero-order chi connectivity index (χ0) is 15.4. The number of benzene rings is 2. The number of carbonyl (C=O) groups excluding carboxylic acids is 1. The maximum absolute atomic E-state index is 12.3. The first kappa shape index (κ1) is 13.7. The van der Waals surface area contributed by atoms with Gasteiger partial charge in [-0.3, -0.25) is 4.79 Å². The van der Waals surface area contributed by atoms with Crippen molar-refractivity contribution in [3.05, 3.63) is 60.4 Å². The van der Waals surface area contributed by atoms with Gasteiger partial charge in [0.05, 0.1) is 12.8 Å². The Bertz CT molecular complexity index is 786. The number of anilines is 1. The normalized spacial score (nSPS) is 10.2. The van der Waals surface area contributed by atoms with Crippen molar-refractivity contribution in [3.63, 3.8) is 0 Å². The van der Waals surface area contributed by atoms with Gasteiger partial charge in [-0.05, 0) is 46.8 Å². The van der Waals surface area contributed by atoms with Crippen molar-refractivity contribution in [2.75, 3.05) is 12.4 Å². The Labute approximate surface area is 126 Å². The summed E-state index contributed by atoms with van der Waals surface area (Å²) < 4.78 is 6.63. The lowest BCUT2D eigenvalue weighted by molar-refractivity contribution is 0.102. The fourth-order valence-electron chi connectivity index (χ4n) is 1.97. The number of ether oxygens (including phenoxy) is 1. The Morgan fingerprint density at radius 1 is 1.18 bits per heavy atom. The third kappa shape index (κ3) is 2.93. The largest absolute Gasteiger partial charge is 0.497 e. The van der Waals surface area contributed by atoms with Crippen molar-refractivity contribution in [1.82, 2.24) is 20.2 Å². The summed E-state index contributed by atoms with van der Waals surface area (Å²) in [5.74, 6) is 0.419. The molecular weight excluding hydrogens is 282 g/mol. The molecule has 1 aromatic heterocycles. The van der Waals surface area contributed by atoms with Gasteiger partial charge in [0.1, 0.15) is 12.1 Å². The molecule has 0 aliphatic heterocycles. The Kier molecular flexibility index (Phi) is 3.78. The first-order valence-corrected chi connectivity index (χ1v) is 6.55. The molecule has 0 saturated heterocycles. The quantitative estimate of drug-likeness (QED) is 0.795. The molecule has 0 aliphatic rings. The summed E-state index contributed by atoms with van der Waals surface area (Å²) in [4.78, 5) is 12.3. The van der Waals surface area contributed by atoms with Crippen molar-refractivity contribution in [1.29, 1.82) is 0 Å². The molecular formula is C15H13N5O2. The maximum atomic E-state index is 12.3. The minimum Gasteiger partial charge on any atom is -0.497 e. The number of nitrogens with zero attached hydrogens (tertiary/aromatic N) is 4. The minimum absolute atomic E-state index is 0.215. The summed E-state index contributed by atoms with van der Waals surface area (Å²) in [5, 5.41) is 13.8. The van der Waals surface area contributed by atoms with Crippen LogP contribution in [0.3, 0.4) is 0 Å². The average molecular weight is 295 g/mol. The van der Waals surface area contributed by atoms with Crippen LogP contribution in [0.4, 0.5) is 5.69 Å². The highest BCUT2D eigenvalue weighted by atomic mass is 16.5. The second-order valence-electron chi connectivity index (χ2n) is 4.49. The Morgan fingerprint density at radius 3 is 2.82 bits per heavy atom. The van der Waals surface area contributed by atoms with Gasteiger partial charge in [0.25, 0.3) is 5.91 Å². The van der Waals surface area contributed by atoms with Gasteiger partial charge < -0.3 is 10.1 Å². The van der Waals surface area contributed by atoms with Gasteiger partial charge in [0.2, 0.25) is 0 Å². The molecule has 0 atom stereocenters. The lowest BCUT2D eigenvalue weighted by Crippen LogP contribution is -2.12. The molecule has 110 valence electrons. The molecule has 1 N–H and O–H groups in total. The molecule has 0 fully saturated rings. The molecule has 22 heavy (non-hydrogen) atoms. The van der Waals surface area contributed by atoms with Crippen molar-refractivity contribution in [3.8, 4) is 11.4 Å². The van der Waals surface area contributed by atoms with E-state index in [1.54, 1.807) is 43.5 Å². The number of hydrogen-bond donors (Lipinski definition) is 1. The van der Waals surface area contributed by atoms with Crippen LogP contribution in [-0.2, 0) is 0 Å². The van der Waals surface area contributed by atoms with E-state index in [0.717, 1.165) is 5.69 Å². The van der Waals surface area contributed by atoms with Crippen LogP contribution in [0.5, 0.6) is 5.75 Å². The molecule has 7 nitrogen and oxygen atoms in total. The van der Waals surface area contributed by atoms with Gasteiger partial charge in [-0.15, -0.1) is 5.10 Å². The molecule has 0 spiro atoms. The third-order valence-electron chi connectivity index (χ3n) is 3.05. The molecule has 2 aromatic carbocycles. The summed E-state index contributed by atoms with van der Waals surface area (Å²) in [6.45, 7) is 0. The summed E-state index contributed by atoms with van der Waals surface area (Å²) in [6.07, 6.45) is 1.49. The lowest BCUT2D eigenvalue weighted by Gasteiger charge is -2.08. The highest BCUT2D eigenvalue weighted by molar-refractivity contribution is 6.04. The van der Waals surface area contributed by atoms with E-state index in [9.17, 15) is 4.79 Å². The highest BCUT2D eigenvalue weighted by Gasteiger charge is 2.08. The summed E-state index contributed by atoms with van der Waals surface area (Å²) in [5.41, 5.74) is 1.93. The van der Waals surface area contributed by atoms with Crippen molar-refractivity contribution >= 4 is 11.6 Å². The maximum Gasteiger partial charge on any atom is 0.255 e. The van der Waals surface area contributed by atoms with Gasteiger partial charge in [-0.2, -0.15) is 0 Å². The smallest absolute Gasteiger partial charge is 0.255 e. The SMILES string of the molecule is COc1cccc(C(=O)Nc2cccc(-n3cnnn3)c2)c1. The number of nitrogens with one attached hydrogen (secondary N) is 1. The molecule has 0 radical (unpaired) electrons. The van der Waals surface area contributed by atoms with E-state index in [1.807, 2.05) is 12.1 Å². The topological polar surface area (TPSA) is 81.9 Å². The van der Waals surface area contributed by atoms with Gasteiger partial charge in [-0.25, -0.2) is 4.68 Å². The fraction of sp³-hybridized carbons (Fsp3) is 0.0667. The molecule has 1 heterocycles. The first-order chi connectivity index (χ1) is 10.8. The second-order valence-corrected chi connectivity index (χ2v) is 4.49. The van der Waals surface area contributed by atoms with Gasteiger partial charge in [0.15, 0.2) is 0 Å². The minimum atomic E-state index is -0.215. The van der Waals surface area contributed by atoms with Crippen LogP contribution in [0, 0.1) is 0 Å². The van der Waals surface area contributed by atoms with E-state index in [-0.39, 0.29) is 5.91 Å². The van der Waals surface area contributed by atoms with Crippen molar-refractivity contribution in [2.24, 2.45) is 0 Å². The molecule has 0 bridgehead atoms. The van der Waals surface area contributed by atoms with E-state index in [2.05, 4.69) is 20.8 Å². The zero-order valence-corrected chi connectivity index (χ0v) is 11.8. The third-order valence-corrected chi connectivity index (χ3v) is 3.05. The molecule has 0 unspecified atom stereocenters. The summed E-state index contributed by atoms with van der Waals surface area (Å²) in [7, 11) is 1.56. The number of rotatable bonds is 4. The summed E-state index contributed by atoms with van der Waals surface area (Å²) in [6, 6.07) is 14.2. The van der Waals surface area contributed by atoms with Crippen LogP contribution in [0.15, 0.2) is 54.9 Å². The molecule has 3 aromatic rings. The highest BCUT2D eigenvalue weighted by Crippen LogP contribution is 2.17. The van der Waals surface area contributed by atoms with Gasteiger partial charge in [-0.1, -0.05) is 12.1 Å². The van der Waals surface area contributed by atoms with Crippen LogP contribution in [0.25, 0.3) is 5.69 Å². The number of carbonyl (C=O) groups is 1. The predicted molar refractivity (Wildman–Crippen MR) is 80.1 cm³/mol. The molecule has 7 heteroatoms. The first-order valence-electron chi connectivity index (χ1n) is 6.55. The van der Waals surface area contributed by atoms with Gasteiger partial charge in [0, 0.05) is 11.3 Å². The Balaban J connectivity index is 1.80. The zero-order valence-electron chi connectivity index (χ0n) is 11.8. The fourth-order valence-corrected chi connectivity index (χ4v) is 1.97. The Hall–Kier alpha value is -3.22. The summed E-state index contributed by atoms with van der Waals surface area (Å²) >= 11 is 0. The van der Waals surface area contributed by atoms with Crippen molar-refractivity contribution < 1.29 is 9.53 Å².